The van der Waals surface area contributed by atoms with Gasteiger partial charge in [-0.05, 0) is 24.8 Å². The zero-order chi connectivity index (χ0) is 20.2. The summed E-state index contributed by atoms with van der Waals surface area (Å²) in [6.45, 7) is 0.680. The lowest BCUT2D eigenvalue weighted by Crippen LogP contribution is -2.43. The van der Waals surface area contributed by atoms with Gasteiger partial charge >= 0.3 is 12.1 Å². The van der Waals surface area contributed by atoms with E-state index in [1.807, 2.05) is 6.92 Å². The minimum atomic E-state index is -4.72. The van der Waals surface area contributed by atoms with E-state index >= 15 is 0 Å². The molecule has 0 aliphatic heterocycles. The zero-order valence-corrected chi connectivity index (χ0v) is 15.4. The van der Waals surface area contributed by atoms with Crippen LogP contribution in [-0.2, 0) is 27.0 Å². The van der Waals surface area contributed by atoms with Crippen LogP contribution in [0, 0.1) is 5.92 Å². The molecule has 1 amide bonds. The minimum absolute atomic E-state index is 0.00912. The highest BCUT2D eigenvalue weighted by Gasteiger charge is 2.32. The Morgan fingerprint density at radius 2 is 2.00 bits per heavy atom. The molecule has 1 aliphatic carbocycles. The van der Waals surface area contributed by atoms with Gasteiger partial charge in [0.2, 0.25) is 0 Å². The average molecular weight is 409 g/mol. The second kappa shape index (κ2) is 8.77. The third kappa shape index (κ3) is 5.98. The van der Waals surface area contributed by atoms with Crippen molar-refractivity contribution in [2.24, 2.45) is 5.92 Å². The van der Waals surface area contributed by atoms with Gasteiger partial charge in [-0.15, -0.1) is 0 Å². The van der Waals surface area contributed by atoms with Gasteiger partial charge in [0.1, 0.15) is 11.6 Å². The quantitative estimate of drug-likeness (QED) is 0.760. The first kappa shape index (κ1) is 21.3. The predicted octanol–water partition coefficient (Wildman–Crippen LogP) is 2.76. The fraction of sp³-hybridized carbons (Fsp3) is 0.588. The summed E-state index contributed by atoms with van der Waals surface area (Å²) in [6.07, 6.45) is -0.271. The molecule has 6 nitrogen and oxygen atoms in total. The Labute approximate surface area is 158 Å². The van der Waals surface area contributed by atoms with Crippen LogP contribution < -0.4 is 10.9 Å². The molecule has 2 atom stereocenters. The van der Waals surface area contributed by atoms with E-state index in [-0.39, 0.29) is 6.04 Å². The standard InChI is InChI=1S/C17H20ClF3N2O4/c1-10-4-2-3-5-13(10)22-14(24)9-27-15(25)8-23-7-11(17(19,20)21)6-12(18)16(23)26/h6-7,10,13H,2-5,8-9H2,1H3,(H,22,24)/t10-,13-/m1/s1. The van der Waals surface area contributed by atoms with Crippen molar-refractivity contribution < 1.29 is 27.5 Å². The number of hydrogen-bond donors (Lipinski definition) is 1. The molecule has 1 aromatic heterocycles. The van der Waals surface area contributed by atoms with E-state index < -0.39 is 47.3 Å². The first-order valence-electron chi connectivity index (χ1n) is 8.50. The van der Waals surface area contributed by atoms with Crippen LogP contribution in [0.4, 0.5) is 13.2 Å². The van der Waals surface area contributed by atoms with Crippen LogP contribution in [0.1, 0.15) is 38.2 Å². The summed E-state index contributed by atoms with van der Waals surface area (Å²) < 4.78 is 43.6. The molecular formula is C17H20ClF3N2O4. The summed E-state index contributed by atoms with van der Waals surface area (Å²) in [5, 5.41) is 2.12. The second-order valence-corrected chi connectivity index (χ2v) is 7.01. The highest BCUT2D eigenvalue weighted by Crippen LogP contribution is 2.29. The number of esters is 1. The zero-order valence-electron chi connectivity index (χ0n) is 14.6. The smallest absolute Gasteiger partial charge is 0.417 e. The van der Waals surface area contributed by atoms with Crippen molar-refractivity contribution in [2.75, 3.05) is 6.61 Å². The van der Waals surface area contributed by atoms with Crippen LogP contribution >= 0.6 is 11.6 Å². The number of nitrogens with one attached hydrogen (secondary N) is 1. The number of carbonyl (C=O) groups is 2. The van der Waals surface area contributed by atoms with Gasteiger partial charge in [0.05, 0.1) is 5.56 Å². The average Bonchev–Trinajstić information content (AvgIpc) is 2.58. The molecule has 1 aliphatic rings. The normalized spacial score (nSPS) is 20.2. The van der Waals surface area contributed by atoms with Crippen molar-refractivity contribution in [2.45, 2.75) is 51.4 Å². The summed E-state index contributed by atoms with van der Waals surface area (Å²) in [5.74, 6) is -1.18. The van der Waals surface area contributed by atoms with E-state index in [9.17, 15) is 27.6 Å². The van der Waals surface area contributed by atoms with Crippen molar-refractivity contribution in [1.29, 1.82) is 0 Å². The van der Waals surface area contributed by atoms with Gasteiger partial charge in [0.15, 0.2) is 6.61 Å². The largest absolute Gasteiger partial charge is 0.454 e. The molecule has 0 aromatic carbocycles. The van der Waals surface area contributed by atoms with E-state index in [0.29, 0.717) is 22.7 Å². The number of hydrogen-bond acceptors (Lipinski definition) is 4. The van der Waals surface area contributed by atoms with E-state index in [1.165, 1.54) is 0 Å². The number of ether oxygens (including phenoxy) is 1. The van der Waals surface area contributed by atoms with Crippen molar-refractivity contribution in [3.05, 3.63) is 33.2 Å². The van der Waals surface area contributed by atoms with E-state index in [4.69, 9.17) is 16.3 Å². The van der Waals surface area contributed by atoms with Gasteiger partial charge in [-0.3, -0.25) is 14.4 Å². The maximum absolute atomic E-state index is 12.8. The number of aromatic nitrogens is 1. The fourth-order valence-corrected chi connectivity index (χ4v) is 3.21. The van der Waals surface area contributed by atoms with Crippen molar-refractivity contribution in [3.8, 4) is 0 Å². The lowest BCUT2D eigenvalue weighted by atomic mass is 9.86. The molecule has 1 heterocycles. The van der Waals surface area contributed by atoms with Crippen molar-refractivity contribution in [3.63, 3.8) is 0 Å². The molecule has 0 bridgehead atoms. The van der Waals surface area contributed by atoms with Gasteiger partial charge < -0.3 is 14.6 Å². The second-order valence-electron chi connectivity index (χ2n) is 6.60. The van der Waals surface area contributed by atoms with Gasteiger partial charge in [0.25, 0.3) is 11.5 Å². The number of alkyl halides is 3. The van der Waals surface area contributed by atoms with Crippen LogP contribution in [0.25, 0.3) is 0 Å². The number of amides is 1. The molecule has 150 valence electrons. The molecule has 0 radical (unpaired) electrons. The molecule has 1 N–H and O–H groups in total. The molecule has 0 spiro atoms. The Morgan fingerprint density at radius 3 is 2.63 bits per heavy atom. The first-order valence-corrected chi connectivity index (χ1v) is 8.88. The summed E-state index contributed by atoms with van der Waals surface area (Å²) in [7, 11) is 0. The van der Waals surface area contributed by atoms with Gasteiger partial charge in [0, 0.05) is 12.2 Å². The third-order valence-electron chi connectivity index (χ3n) is 4.49. The number of carbonyl (C=O) groups excluding carboxylic acids is 2. The Hall–Kier alpha value is -2.03. The molecule has 1 fully saturated rings. The summed E-state index contributed by atoms with van der Waals surface area (Å²) in [6, 6.07) is 0.500. The molecule has 0 unspecified atom stereocenters. The Balaban J connectivity index is 1.93. The topological polar surface area (TPSA) is 77.4 Å². The number of rotatable bonds is 5. The summed E-state index contributed by atoms with van der Waals surface area (Å²) >= 11 is 5.51. The van der Waals surface area contributed by atoms with E-state index in [0.717, 1.165) is 25.7 Å². The summed E-state index contributed by atoms with van der Waals surface area (Å²) in [5.41, 5.74) is -2.12. The SMILES string of the molecule is C[C@@H]1CCCC[C@H]1NC(=O)COC(=O)Cn1cc(C(F)(F)F)cc(Cl)c1=O. The van der Waals surface area contributed by atoms with Crippen LogP contribution in [0.5, 0.6) is 0 Å². The van der Waals surface area contributed by atoms with Crippen LogP contribution in [0.15, 0.2) is 17.1 Å². The van der Waals surface area contributed by atoms with Crippen molar-refractivity contribution >= 4 is 23.5 Å². The van der Waals surface area contributed by atoms with Gasteiger partial charge in [-0.1, -0.05) is 31.4 Å². The molecule has 1 aromatic rings. The molecule has 27 heavy (non-hydrogen) atoms. The Morgan fingerprint density at radius 1 is 1.33 bits per heavy atom. The summed E-state index contributed by atoms with van der Waals surface area (Å²) in [4.78, 5) is 35.5. The molecule has 2 rings (SSSR count). The number of nitrogens with zero attached hydrogens (tertiary/aromatic N) is 1. The lowest BCUT2D eigenvalue weighted by molar-refractivity contribution is -0.149. The number of halogens is 4. The van der Waals surface area contributed by atoms with Crippen LogP contribution in [0.3, 0.4) is 0 Å². The molecule has 1 saturated carbocycles. The minimum Gasteiger partial charge on any atom is -0.454 e. The highest BCUT2D eigenvalue weighted by atomic mass is 35.5. The first-order chi connectivity index (χ1) is 12.6. The van der Waals surface area contributed by atoms with E-state index in [2.05, 4.69) is 5.32 Å². The lowest BCUT2D eigenvalue weighted by Gasteiger charge is -2.29. The van der Waals surface area contributed by atoms with E-state index in [1.54, 1.807) is 0 Å². The fourth-order valence-electron chi connectivity index (χ4n) is 2.98. The maximum Gasteiger partial charge on any atom is 0.417 e. The third-order valence-corrected chi connectivity index (χ3v) is 4.76. The molecule has 10 heteroatoms. The predicted molar refractivity (Wildman–Crippen MR) is 91.2 cm³/mol. The van der Waals surface area contributed by atoms with Gasteiger partial charge in [-0.25, -0.2) is 0 Å². The van der Waals surface area contributed by atoms with Crippen molar-refractivity contribution in [1.82, 2.24) is 9.88 Å². The Bertz CT molecular complexity index is 764. The molecule has 0 saturated heterocycles. The highest BCUT2D eigenvalue weighted by molar-refractivity contribution is 6.30. The van der Waals surface area contributed by atoms with Crippen LogP contribution in [-0.4, -0.2) is 29.1 Å². The number of pyridine rings is 1. The molecular weight excluding hydrogens is 389 g/mol. The monoisotopic (exact) mass is 408 g/mol. The van der Waals surface area contributed by atoms with Crippen LogP contribution in [0.2, 0.25) is 5.02 Å². The maximum atomic E-state index is 12.8. The van der Waals surface area contributed by atoms with Gasteiger partial charge in [-0.2, -0.15) is 13.2 Å². The Kier molecular flexibility index (Phi) is 6.91.